The highest BCUT2D eigenvalue weighted by atomic mass is 16.2. The molecule has 2 aliphatic rings. The fraction of sp³-hybridized carbons (Fsp3) is 0.833. The first-order valence-corrected chi connectivity index (χ1v) is 6.03. The zero-order chi connectivity index (χ0) is 10.7. The molecule has 0 aromatic heterocycles. The molecule has 1 aliphatic heterocycles. The molecule has 1 unspecified atom stereocenters. The number of amides is 1. The molecule has 0 aromatic carbocycles. The molecule has 0 bridgehead atoms. The van der Waals surface area contributed by atoms with Crippen LogP contribution in [-0.4, -0.2) is 23.4 Å². The predicted molar refractivity (Wildman–Crippen MR) is 56.9 cm³/mol. The standard InChI is InChI=1S/C12H18N2O/c13-9-11-7-3-4-8-14(11)12(15)10-5-1-2-6-10/h10-11H,1-8H2. The Bertz CT molecular complexity index is 276. The Kier molecular flexibility index (Phi) is 3.25. The van der Waals surface area contributed by atoms with Crippen LogP contribution in [0.2, 0.25) is 0 Å². The Hall–Kier alpha value is -1.04. The van der Waals surface area contributed by atoms with E-state index in [0.29, 0.717) is 0 Å². The number of carbonyl (C=O) groups is 1. The van der Waals surface area contributed by atoms with Gasteiger partial charge < -0.3 is 4.90 Å². The van der Waals surface area contributed by atoms with Crippen LogP contribution in [0, 0.1) is 17.2 Å². The van der Waals surface area contributed by atoms with Crippen LogP contribution < -0.4 is 0 Å². The van der Waals surface area contributed by atoms with Gasteiger partial charge in [0.05, 0.1) is 6.07 Å². The molecule has 82 valence electrons. The molecule has 1 saturated carbocycles. The number of rotatable bonds is 1. The van der Waals surface area contributed by atoms with Crippen molar-refractivity contribution in [2.24, 2.45) is 5.92 Å². The van der Waals surface area contributed by atoms with Crippen molar-refractivity contribution < 1.29 is 4.79 Å². The minimum absolute atomic E-state index is 0.146. The zero-order valence-corrected chi connectivity index (χ0v) is 9.11. The molecule has 2 rings (SSSR count). The Morgan fingerprint density at radius 2 is 1.80 bits per heavy atom. The lowest BCUT2D eigenvalue weighted by molar-refractivity contribution is -0.137. The minimum Gasteiger partial charge on any atom is -0.326 e. The number of nitriles is 1. The summed E-state index contributed by atoms with van der Waals surface area (Å²) in [4.78, 5) is 14.0. The number of carbonyl (C=O) groups excluding carboxylic acids is 1. The monoisotopic (exact) mass is 206 g/mol. The van der Waals surface area contributed by atoms with E-state index < -0.39 is 0 Å². The van der Waals surface area contributed by atoms with Crippen LogP contribution in [0.3, 0.4) is 0 Å². The van der Waals surface area contributed by atoms with E-state index in [9.17, 15) is 4.79 Å². The third-order valence-corrected chi connectivity index (χ3v) is 3.64. The summed E-state index contributed by atoms with van der Waals surface area (Å²) in [5, 5.41) is 9.01. The van der Waals surface area contributed by atoms with Crippen molar-refractivity contribution in [2.75, 3.05) is 6.54 Å². The maximum Gasteiger partial charge on any atom is 0.226 e. The van der Waals surface area contributed by atoms with Gasteiger partial charge in [-0.25, -0.2) is 0 Å². The van der Waals surface area contributed by atoms with Gasteiger partial charge in [-0.1, -0.05) is 12.8 Å². The van der Waals surface area contributed by atoms with Gasteiger partial charge in [0.25, 0.3) is 0 Å². The molecular formula is C12H18N2O. The van der Waals surface area contributed by atoms with Crippen LogP contribution in [0.4, 0.5) is 0 Å². The van der Waals surface area contributed by atoms with E-state index in [1.54, 1.807) is 0 Å². The van der Waals surface area contributed by atoms with Gasteiger partial charge in [-0.2, -0.15) is 5.26 Å². The lowest BCUT2D eigenvalue weighted by atomic mass is 9.99. The highest BCUT2D eigenvalue weighted by Crippen LogP contribution is 2.29. The van der Waals surface area contributed by atoms with E-state index in [4.69, 9.17) is 5.26 Å². The zero-order valence-electron chi connectivity index (χ0n) is 9.11. The van der Waals surface area contributed by atoms with Crippen LogP contribution >= 0.6 is 0 Å². The van der Waals surface area contributed by atoms with E-state index in [0.717, 1.165) is 38.6 Å². The summed E-state index contributed by atoms with van der Waals surface area (Å²) in [5.74, 6) is 0.470. The van der Waals surface area contributed by atoms with Crippen LogP contribution in [0.5, 0.6) is 0 Å². The molecule has 3 heteroatoms. The topological polar surface area (TPSA) is 44.1 Å². The molecule has 3 nitrogen and oxygen atoms in total. The molecule has 2 fully saturated rings. The van der Waals surface area contributed by atoms with Crippen molar-refractivity contribution in [1.82, 2.24) is 4.90 Å². The Morgan fingerprint density at radius 1 is 1.13 bits per heavy atom. The quantitative estimate of drug-likeness (QED) is 0.659. The van der Waals surface area contributed by atoms with E-state index in [1.807, 2.05) is 4.90 Å². The van der Waals surface area contributed by atoms with Crippen molar-refractivity contribution in [2.45, 2.75) is 51.0 Å². The number of likely N-dealkylation sites (tertiary alicyclic amines) is 1. The van der Waals surface area contributed by atoms with Gasteiger partial charge >= 0.3 is 0 Å². The first-order chi connectivity index (χ1) is 7.33. The van der Waals surface area contributed by atoms with Gasteiger partial charge in [-0.05, 0) is 32.1 Å². The third-order valence-electron chi connectivity index (χ3n) is 3.64. The fourth-order valence-electron chi connectivity index (χ4n) is 2.74. The van der Waals surface area contributed by atoms with Crippen molar-refractivity contribution >= 4 is 5.91 Å². The molecule has 1 saturated heterocycles. The van der Waals surface area contributed by atoms with Crippen LogP contribution in [-0.2, 0) is 4.79 Å². The normalized spacial score (nSPS) is 27.7. The SMILES string of the molecule is N#CC1CCCCN1C(=O)C1CCCC1. The summed E-state index contributed by atoms with van der Waals surface area (Å²) in [5.41, 5.74) is 0. The molecule has 1 atom stereocenters. The van der Waals surface area contributed by atoms with Crippen molar-refractivity contribution in [3.05, 3.63) is 0 Å². The minimum atomic E-state index is -0.146. The first kappa shape index (κ1) is 10.5. The second-order valence-electron chi connectivity index (χ2n) is 4.65. The average Bonchev–Trinajstić information content (AvgIpc) is 2.81. The summed E-state index contributed by atoms with van der Waals surface area (Å²) in [7, 11) is 0. The number of piperidine rings is 1. The molecular weight excluding hydrogens is 188 g/mol. The van der Waals surface area contributed by atoms with Crippen molar-refractivity contribution in [1.29, 1.82) is 5.26 Å². The Labute approximate surface area is 91.1 Å². The highest BCUT2D eigenvalue weighted by molar-refractivity contribution is 5.79. The Morgan fingerprint density at radius 3 is 2.47 bits per heavy atom. The van der Waals surface area contributed by atoms with E-state index >= 15 is 0 Å². The molecule has 0 spiro atoms. The van der Waals surface area contributed by atoms with E-state index in [1.165, 1.54) is 12.8 Å². The van der Waals surface area contributed by atoms with E-state index in [2.05, 4.69) is 6.07 Å². The lowest BCUT2D eigenvalue weighted by Gasteiger charge is -2.33. The van der Waals surface area contributed by atoms with Gasteiger partial charge in [0.2, 0.25) is 5.91 Å². The van der Waals surface area contributed by atoms with Crippen molar-refractivity contribution in [3.63, 3.8) is 0 Å². The smallest absolute Gasteiger partial charge is 0.226 e. The largest absolute Gasteiger partial charge is 0.326 e. The van der Waals surface area contributed by atoms with Gasteiger partial charge in [-0.15, -0.1) is 0 Å². The summed E-state index contributed by atoms with van der Waals surface area (Å²) >= 11 is 0. The lowest BCUT2D eigenvalue weighted by Crippen LogP contribution is -2.45. The maximum atomic E-state index is 12.1. The average molecular weight is 206 g/mol. The summed E-state index contributed by atoms with van der Waals surface area (Å²) in [6, 6.07) is 2.12. The van der Waals surface area contributed by atoms with Gasteiger partial charge in [0.1, 0.15) is 6.04 Å². The maximum absolute atomic E-state index is 12.1. The number of hydrogen-bond donors (Lipinski definition) is 0. The predicted octanol–water partition coefficient (Wildman–Crippen LogP) is 2.08. The molecule has 0 N–H and O–H groups in total. The van der Waals surface area contributed by atoms with Crippen molar-refractivity contribution in [3.8, 4) is 6.07 Å². The van der Waals surface area contributed by atoms with Gasteiger partial charge in [0, 0.05) is 12.5 Å². The molecule has 1 heterocycles. The van der Waals surface area contributed by atoms with Crippen LogP contribution in [0.25, 0.3) is 0 Å². The first-order valence-electron chi connectivity index (χ1n) is 6.03. The molecule has 0 aromatic rings. The summed E-state index contributed by atoms with van der Waals surface area (Å²) in [6.07, 6.45) is 7.46. The number of nitrogens with zero attached hydrogens (tertiary/aromatic N) is 2. The second-order valence-corrected chi connectivity index (χ2v) is 4.65. The van der Waals surface area contributed by atoms with E-state index in [-0.39, 0.29) is 17.9 Å². The highest BCUT2D eigenvalue weighted by Gasteiger charge is 2.32. The third kappa shape index (κ3) is 2.14. The fourth-order valence-corrected chi connectivity index (χ4v) is 2.74. The summed E-state index contributed by atoms with van der Waals surface area (Å²) in [6.45, 7) is 0.799. The van der Waals surface area contributed by atoms with Crippen LogP contribution in [0.1, 0.15) is 44.9 Å². The molecule has 1 amide bonds. The Balaban J connectivity index is 2.00. The number of hydrogen-bond acceptors (Lipinski definition) is 2. The van der Waals surface area contributed by atoms with Crippen LogP contribution in [0.15, 0.2) is 0 Å². The molecule has 0 radical (unpaired) electrons. The molecule has 1 aliphatic carbocycles. The second kappa shape index (κ2) is 4.65. The van der Waals surface area contributed by atoms with Gasteiger partial charge in [-0.3, -0.25) is 4.79 Å². The summed E-state index contributed by atoms with van der Waals surface area (Å²) < 4.78 is 0. The van der Waals surface area contributed by atoms with Gasteiger partial charge in [0.15, 0.2) is 0 Å². The molecule has 15 heavy (non-hydrogen) atoms.